The van der Waals surface area contributed by atoms with Crippen LogP contribution < -0.4 is 14.8 Å². The standard InChI is InChI=1S/C20H23N3O2S/c1-25-20-9-14(7-8-22-20)17-6-5-13-3-2-4-16(13)18(17)10-19(24)23-26-15-11-21-12-15/h5-9,15,21H,2-4,10-12H2,1H3,(H,23,24). The molecule has 0 radical (unpaired) electrons. The van der Waals surface area contributed by atoms with E-state index in [-0.39, 0.29) is 5.91 Å². The lowest BCUT2D eigenvalue weighted by Gasteiger charge is -2.26. The first-order chi connectivity index (χ1) is 12.7. The molecule has 1 aromatic carbocycles. The number of hydrogen-bond acceptors (Lipinski definition) is 5. The monoisotopic (exact) mass is 369 g/mol. The summed E-state index contributed by atoms with van der Waals surface area (Å²) in [5, 5.41) is 3.71. The lowest BCUT2D eigenvalue weighted by atomic mass is 9.91. The minimum Gasteiger partial charge on any atom is -0.481 e. The number of aromatic nitrogens is 1. The first kappa shape index (κ1) is 17.4. The lowest BCUT2D eigenvalue weighted by molar-refractivity contribution is -0.118. The van der Waals surface area contributed by atoms with Crippen LogP contribution in [0, 0.1) is 0 Å². The SMILES string of the molecule is COc1cc(-c2ccc3c(c2CC(=O)NSC2CNC2)CCC3)ccn1. The molecule has 1 aliphatic carbocycles. The van der Waals surface area contributed by atoms with Crippen LogP contribution in [0.25, 0.3) is 11.1 Å². The molecule has 0 spiro atoms. The molecule has 2 aliphatic rings. The van der Waals surface area contributed by atoms with Gasteiger partial charge in [0.2, 0.25) is 11.8 Å². The van der Waals surface area contributed by atoms with Crippen molar-refractivity contribution in [3.63, 3.8) is 0 Å². The summed E-state index contributed by atoms with van der Waals surface area (Å²) in [6.45, 7) is 1.93. The Balaban J connectivity index is 1.62. The number of aryl methyl sites for hydroxylation is 1. The minimum absolute atomic E-state index is 0.0736. The van der Waals surface area contributed by atoms with Crippen LogP contribution in [-0.2, 0) is 24.1 Å². The van der Waals surface area contributed by atoms with E-state index in [0.717, 1.165) is 49.0 Å². The number of rotatable bonds is 6. The third-order valence-electron chi connectivity index (χ3n) is 5.08. The lowest BCUT2D eigenvalue weighted by Crippen LogP contribution is -2.46. The Morgan fingerprint density at radius 2 is 2.23 bits per heavy atom. The van der Waals surface area contributed by atoms with Crippen molar-refractivity contribution in [3.05, 3.63) is 47.2 Å². The molecule has 2 heterocycles. The van der Waals surface area contributed by atoms with Gasteiger partial charge in [0.1, 0.15) is 0 Å². The summed E-state index contributed by atoms with van der Waals surface area (Å²) >= 11 is 1.54. The van der Waals surface area contributed by atoms with Crippen molar-refractivity contribution >= 4 is 17.9 Å². The first-order valence-electron chi connectivity index (χ1n) is 9.04. The smallest absolute Gasteiger partial charge is 0.234 e. The van der Waals surface area contributed by atoms with Gasteiger partial charge in [-0.15, -0.1) is 0 Å². The van der Waals surface area contributed by atoms with Crippen molar-refractivity contribution < 1.29 is 9.53 Å². The molecule has 0 atom stereocenters. The molecule has 2 aromatic rings. The highest BCUT2D eigenvalue weighted by atomic mass is 32.2. The van der Waals surface area contributed by atoms with E-state index in [0.29, 0.717) is 17.6 Å². The number of benzene rings is 1. The number of pyridine rings is 1. The molecule has 0 unspecified atom stereocenters. The highest BCUT2D eigenvalue weighted by molar-refractivity contribution is 7.98. The van der Waals surface area contributed by atoms with Crippen LogP contribution in [0.3, 0.4) is 0 Å². The second-order valence-electron chi connectivity index (χ2n) is 6.77. The average molecular weight is 369 g/mol. The van der Waals surface area contributed by atoms with E-state index in [1.54, 1.807) is 13.3 Å². The Bertz CT molecular complexity index is 821. The van der Waals surface area contributed by atoms with Gasteiger partial charge >= 0.3 is 0 Å². The van der Waals surface area contributed by atoms with E-state index in [1.807, 2.05) is 12.1 Å². The maximum absolute atomic E-state index is 12.6. The fraction of sp³-hybridized carbons (Fsp3) is 0.400. The zero-order valence-electron chi connectivity index (χ0n) is 14.9. The fourth-order valence-electron chi connectivity index (χ4n) is 3.59. The Morgan fingerprint density at radius 1 is 1.35 bits per heavy atom. The summed E-state index contributed by atoms with van der Waals surface area (Å²) in [5.74, 6) is 0.663. The zero-order chi connectivity index (χ0) is 17.9. The predicted octanol–water partition coefficient (Wildman–Crippen LogP) is 2.52. The maximum Gasteiger partial charge on any atom is 0.234 e. The van der Waals surface area contributed by atoms with E-state index in [1.165, 1.54) is 23.1 Å². The van der Waals surface area contributed by atoms with Gasteiger partial charge < -0.3 is 10.1 Å². The van der Waals surface area contributed by atoms with Gasteiger partial charge in [-0.3, -0.25) is 9.52 Å². The maximum atomic E-state index is 12.6. The molecule has 136 valence electrons. The van der Waals surface area contributed by atoms with Gasteiger partial charge in [0.15, 0.2) is 0 Å². The van der Waals surface area contributed by atoms with Gasteiger partial charge in [-0.1, -0.05) is 12.1 Å². The molecule has 0 bridgehead atoms. The highest BCUT2D eigenvalue weighted by Crippen LogP contribution is 2.34. The van der Waals surface area contributed by atoms with Gasteiger partial charge in [-0.25, -0.2) is 4.98 Å². The summed E-state index contributed by atoms with van der Waals surface area (Å²) in [5.41, 5.74) is 6.04. The van der Waals surface area contributed by atoms with Crippen LogP contribution >= 0.6 is 11.9 Å². The van der Waals surface area contributed by atoms with Crippen molar-refractivity contribution in [2.24, 2.45) is 0 Å². The molecule has 1 saturated heterocycles. The van der Waals surface area contributed by atoms with Gasteiger partial charge in [0.25, 0.3) is 0 Å². The molecule has 1 amide bonds. The first-order valence-corrected chi connectivity index (χ1v) is 9.92. The Hall–Kier alpha value is -2.05. The van der Waals surface area contributed by atoms with E-state index >= 15 is 0 Å². The summed E-state index contributed by atoms with van der Waals surface area (Å²) in [7, 11) is 1.62. The van der Waals surface area contributed by atoms with Gasteiger partial charge in [-0.2, -0.15) is 0 Å². The third-order valence-corrected chi connectivity index (χ3v) is 6.09. The van der Waals surface area contributed by atoms with Crippen LogP contribution in [-0.4, -0.2) is 36.3 Å². The summed E-state index contributed by atoms with van der Waals surface area (Å²) in [6, 6.07) is 8.27. The molecule has 2 N–H and O–H groups in total. The molecule has 1 aromatic heterocycles. The predicted molar refractivity (Wildman–Crippen MR) is 104 cm³/mol. The van der Waals surface area contributed by atoms with Crippen LogP contribution in [0.15, 0.2) is 30.5 Å². The average Bonchev–Trinajstić information content (AvgIpc) is 3.10. The summed E-state index contributed by atoms with van der Waals surface area (Å²) in [6.07, 6.45) is 5.48. The Morgan fingerprint density at radius 3 is 3.00 bits per heavy atom. The number of nitrogens with zero attached hydrogens (tertiary/aromatic N) is 1. The van der Waals surface area contributed by atoms with Gasteiger partial charge in [0.05, 0.1) is 13.5 Å². The molecule has 1 fully saturated rings. The quantitative estimate of drug-likeness (QED) is 0.766. The van der Waals surface area contributed by atoms with Crippen molar-refractivity contribution in [1.29, 1.82) is 0 Å². The largest absolute Gasteiger partial charge is 0.481 e. The van der Waals surface area contributed by atoms with Crippen LogP contribution in [0.2, 0.25) is 0 Å². The number of carbonyl (C=O) groups excluding carboxylic acids is 1. The van der Waals surface area contributed by atoms with Crippen molar-refractivity contribution in [2.45, 2.75) is 30.9 Å². The van der Waals surface area contributed by atoms with Crippen LogP contribution in [0.5, 0.6) is 5.88 Å². The normalized spacial score (nSPS) is 16.0. The molecule has 4 rings (SSSR count). The fourth-order valence-corrected chi connectivity index (χ4v) is 4.37. The third kappa shape index (κ3) is 3.57. The number of ether oxygens (including phenoxy) is 1. The van der Waals surface area contributed by atoms with E-state index in [9.17, 15) is 4.79 Å². The second-order valence-corrected chi connectivity index (χ2v) is 7.88. The molecule has 0 saturated carbocycles. The van der Waals surface area contributed by atoms with Crippen LogP contribution in [0.1, 0.15) is 23.1 Å². The second kappa shape index (κ2) is 7.68. The van der Waals surface area contributed by atoms with Crippen molar-refractivity contribution in [1.82, 2.24) is 15.0 Å². The van der Waals surface area contributed by atoms with E-state index in [2.05, 4.69) is 27.2 Å². The number of hydrogen-bond donors (Lipinski definition) is 2. The highest BCUT2D eigenvalue weighted by Gasteiger charge is 2.22. The number of nitrogens with one attached hydrogen (secondary N) is 2. The van der Waals surface area contributed by atoms with E-state index in [4.69, 9.17) is 4.74 Å². The van der Waals surface area contributed by atoms with Crippen molar-refractivity contribution in [3.8, 4) is 17.0 Å². The number of methoxy groups -OCH3 is 1. The van der Waals surface area contributed by atoms with Crippen molar-refractivity contribution in [2.75, 3.05) is 20.2 Å². The number of carbonyl (C=O) groups is 1. The minimum atomic E-state index is 0.0736. The molecule has 26 heavy (non-hydrogen) atoms. The molecule has 6 heteroatoms. The Labute approximate surface area is 158 Å². The number of amides is 1. The zero-order valence-corrected chi connectivity index (χ0v) is 15.7. The summed E-state index contributed by atoms with van der Waals surface area (Å²) < 4.78 is 8.30. The number of fused-ring (bicyclic) bond motifs is 1. The molecule has 5 nitrogen and oxygen atoms in total. The van der Waals surface area contributed by atoms with Crippen LogP contribution in [0.4, 0.5) is 0 Å². The summed E-state index contributed by atoms with van der Waals surface area (Å²) in [4.78, 5) is 16.8. The van der Waals surface area contributed by atoms with Gasteiger partial charge in [-0.05, 0) is 65.1 Å². The Kier molecular flexibility index (Phi) is 5.13. The topological polar surface area (TPSA) is 63.2 Å². The van der Waals surface area contributed by atoms with E-state index < -0.39 is 0 Å². The van der Waals surface area contributed by atoms with Gasteiger partial charge in [0, 0.05) is 30.6 Å². The molecular weight excluding hydrogens is 346 g/mol. The molecular formula is C20H23N3O2S. The molecule has 1 aliphatic heterocycles.